The quantitative estimate of drug-likeness (QED) is 0.834. The van der Waals surface area contributed by atoms with E-state index in [1.807, 2.05) is 0 Å². The molecule has 0 aliphatic carbocycles. The molecule has 1 aliphatic rings. The van der Waals surface area contributed by atoms with Crippen LogP contribution in [-0.2, 0) is 25.1 Å². The van der Waals surface area contributed by atoms with Gasteiger partial charge in [0.15, 0.2) is 9.84 Å². The van der Waals surface area contributed by atoms with Crippen molar-refractivity contribution in [2.24, 2.45) is 0 Å². The minimum absolute atomic E-state index is 0.138. The zero-order valence-corrected chi connectivity index (χ0v) is 12.6. The third-order valence-corrected chi connectivity index (χ3v) is 5.55. The number of carbonyl (C=O) groups excluding carboxylic acids is 1. The van der Waals surface area contributed by atoms with E-state index in [1.165, 1.54) is 16.2 Å². The first kappa shape index (κ1) is 14.8. The van der Waals surface area contributed by atoms with Gasteiger partial charge in [-0.25, -0.2) is 8.42 Å². The van der Waals surface area contributed by atoms with Crippen LogP contribution in [0.15, 0.2) is 12.1 Å². The molecule has 2 heterocycles. The Labute approximate surface area is 121 Å². The summed E-state index contributed by atoms with van der Waals surface area (Å²) in [5, 5.41) is 0. The number of morpholine rings is 1. The second-order valence-electron chi connectivity index (χ2n) is 4.23. The van der Waals surface area contributed by atoms with E-state index < -0.39 is 15.6 Å². The van der Waals surface area contributed by atoms with Gasteiger partial charge in [0.05, 0.1) is 23.3 Å². The van der Waals surface area contributed by atoms with Gasteiger partial charge in [0.2, 0.25) is 5.91 Å². The monoisotopic (exact) mass is 323 g/mol. The van der Waals surface area contributed by atoms with Crippen molar-refractivity contribution in [1.82, 2.24) is 4.90 Å². The Morgan fingerprint density at radius 3 is 2.63 bits per heavy atom. The number of ether oxygens (including phenoxy) is 1. The number of hydrogen-bond donors (Lipinski definition) is 0. The standard InChI is InChI=1S/C11H14ClNO4S2/c12-10-2-1-9(18-10)7-19(15,16)8-11(14)13-3-5-17-6-4-13/h1-2H,3-8H2. The van der Waals surface area contributed by atoms with Gasteiger partial charge in [0.1, 0.15) is 5.75 Å². The third kappa shape index (κ3) is 4.45. The van der Waals surface area contributed by atoms with Gasteiger partial charge in [0.25, 0.3) is 0 Å². The maximum absolute atomic E-state index is 11.9. The average Bonchev–Trinajstić information content (AvgIpc) is 2.74. The Morgan fingerprint density at radius 2 is 2.05 bits per heavy atom. The molecule has 1 aromatic rings. The molecule has 0 atom stereocenters. The molecule has 0 saturated carbocycles. The van der Waals surface area contributed by atoms with Crippen molar-refractivity contribution in [2.75, 3.05) is 32.1 Å². The Balaban J connectivity index is 1.94. The Bertz CT molecular complexity index is 549. The van der Waals surface area contributed by atoms with Gasteiger partial charge in [-0.15, -0.1) is 11.3 Å². The summed E-state index contributed by atoms with van der Waals surface area (Å²) in [5.74, 6) is -0.950. The number of sulfone groups is 1. The molecule has 1 fully saturated rings. The number of nitrogens with zero attached hydrogens (tertiary/aromatic N) is 1. The molecule has 0 N–H and O–H groups in total. The second kappa shape index (κ2) is 6.21. The molecule has 19 heavy (non-hydrogen) atoms. The van der Waals surface area contributed by atoms with Crippen LogP contribution in [0, 0.1) is 0 Å². The van der Waals surface area contributed by atoms with Crippen molar-refractivity contribution >= 4 is 38.7 Å². The molecule has 0 bridgehead atoms. The summed E-state index contributed by atoms with van der Waals surface area (Å²) in [6.07, 6.45) is 0. The molecule has 0 spiro atoms. The van der Waals surface area contributed by atoms with Crippen LogP contribution < -0.4 is 0 Å². The highest BCUT2D eigenvalue weighted by Crippen LogP contribution is 2.23. The predicted octanol–water partition coefficient (Wildman–Crippen LogP) is 1.18. The molecular weight excluding hydrogens is 310 g/mol. The van der Waals surface area contributed by atoms with Crippen molar-refractivity contribution in [3.05, 3.63) is 21.3 Å². The summed E-state index contributed by atoms with van der Waals surface area (Å²) in [6.45, 7) is 1.84. The molecule has 1 amide bonds. The molecular formula is C11H14ClNO4S2. The lowest BCUT2D eigenvalue weighted by atomic mass is 10.4. The van der Waals surface area contributed by atoms with E-state index in [2.05, 4.69) is 0 Å². The molecule has 0 unspecified atom stereocenters. The topological polar surface area (TPSA) is 63.7 Å². The fraction of sp³-hybridized carbons (Fsp3) is 0.545. The van der Waals surface area contributed by atoms with E-state index in [-0.39, 0.29) is 11.7 Å². The molecule has 1 aromatic heterocycles. The zero-order valence-electron chi connectivity index (χ0n) is 10.2. The van der Waals surface area contributed by atoms with E-state index in [4.69, 9.17) is 16.3 Å². The summed E-state index contributed by atoms with van der Waals surface area (Å²) >= 11 is 6.97. The summed E-state index contributed by atoms with van der Waals surface area (Å²) in [6, 6.07) is 3.32. The lowest BCUT2D eigenvalue weighted by molar-refractivity contribution is -0.132. The number of amides is 1. The third-order valence-electron chi connectivity index (χ3n) is 2.70. The van der Waals surface area contributed by atoms with Gasteiger partial charge >= 0.3 is 0 Å². The van der Waals surface area contributed by atoms with Gasteiger partial charge < -0.3 is 9.64 Å². The maximum Gasteiger partial charge on any atom is 0.237 e. The van der Waals surface area contributed by atoms with Crippen LogP contribution in [0.2, 0.25) is 4.34 Å². The lowest BCUT2D eigenvalue weighted by Crippen LogP contribution is -2.43. The van der Waals surface area contributed by atoms with Gasteiger partial charge in [-0.3, -0.25) is 4.79 Å². The second-order valence-corrected chi connectivity index (χ2v) is 8.10. The molecule has 0 aromatic carbocycles. The summed E-state index contributed by atoms with van der Waals surface area (Å²) in [7, 11) is -3.45. The first-order valence-corrected chi connectivity index (χ1v) is 8.78. The number of carbonyl (C=O) groups is 1. The fourth-order valence-corrected chi connectivity index (χ4v) is 4.64. The van der Waals surface area contributed by atoms with Crippen LogP contribution >= 0.6 is 22.9 Å². The normalized spacial score (nSPS) is 16.6. The highest BCUT2D eigenvalue weighted by molar-refractivity contribution is 7.91. The number of hydrogen-bond acceptors (Lipinski definition) is 5. The molecule has 1 aliphatic heterocycles. The van der Waals surface area contributed by atoms with Crippen LogP contribution in [0.3, 0.4) is 0 Å². The smallest absolute Gasteiger partial charge is 0.237 e. The summed E-state index contributed by atoms with van der Waals surface area (Å²) < 4.78 is 29.6. The van der Waals surface area contributed by atoms with Crippen LogP contribution in [-0.4, -0.2) is 51.3 Å². The molecule has 1 saturated heterocycles. The fourth-order valence-electron chi connectivity index (χ4n) is 1.79. The Hall–Kier alpha value is -0.630. The van der Waals surface area contributed by atoms with Crippen molar-refractivity contribution in [1.29, 1.82) is 0 Å². The first-order valence-electron chi connectivity index (χ1n) is 5.76. The first-order chi connectivity index (χ1) is 8.96. The van der Waals surface area contributed by atoms with E-state index >= 15 is 0 Å². The van der Waals surface area contributed by atoms with E-state index in [9.17, 15) is 13.2 Å². The minimum atomic E-state index is -3.45. The highest BCUT2D eigenvalue weighted by Gasteiger charge is 2.24. The van der Waals surface area contributed by atoms with Crippen LogP contribution in [0.4, 0.5) is 0 Å². The van der Waals surface area contributed by atoms with Crippen LogP contribution in [0.1, 0.15) is 4.88 Å². The van der Waals surface area contributed by atoms with Gasteiger partial charge in [-0.05, 0) is 12.1 Å². The van der Waals surface area contributed by atoms with Crippen molar-refractivity contribution in [3.8, 4) is 0 Å². The van der Waals surface area contributed by atoms with Crippen LogP contribution in [0.5, 0.6) is 0 Å². The number of halogens is 1. The molecule has 106 valence electrons. The minimum Gasteiger partial charge on any atom is -0.378 e. The molecule has 8 heteroatoms. The van der Waals surface area contributed by atoms with Gasteiger partial charge in [0, 0.05) is 18.0 Å². The number of rotatable bonds is 4. The highest BCUT2D eigenvalue weighted by atomic mass is 35.5. The maximum atomic E-state index is 11.9. The Morgan fingerprint density at radius 1 is 1.37 bits per heavy atom. The lowest BCUT2D eigenvalue weighted by Gasteiger charge is -2.26. The zero-order chi connectivity index (χ0) is 13.9. The van der Waals surface area contributed by atoms with E-state index in [0.29, 0.717) is 35.5 Å². The van der Waals surface area contributed by atoms with Crippen molar-refractivity contribution in [2.45, 2.75) is 5.75 Å². The van der Waals surface area contributed by atoms with Crippen LogP contribution in [0.25, 0.3) is 0 Å². The van der Waals surface area contributed by atoms with Crippen molar-refractivity contribution in [3.63, 3.8) is 0 Å². The summed E-state index contributed by atoms with van der Waals surface area (Å²) in [5.41, 5.74) is 0. The molecule has 5 nitrogen and oxygen atoms in total. The largest absolute Gasteiger partial charge is 0.378 e. The average molecular weight is 324 g/mol. The van der Waals surface area contributed by atoms with E-state index in [0.717, 1.165) is 0 Å². The SMILES string of the molecule is O=C(CS(=O)(=O)Cc1ccc(Cl)s1)N1CCOCC1. The number of thiophene rings is 1. The van der Waals surface area contributed by atoms with Crippen molar-refractivity contribution < 1.29 is 17.9 Å². The molecule has 2 rings (SSSR count). The Kier molecular flexibility index (Phi) is 4.83. The predicted molar refractivity (Wildman–Crippen MR) is 74.2 cm³/mol. The van der Waals surface area contributed by atoms with Gasteiger partial charge in [-0.1, -0.05) is 11.6 Å². The van der Waals surface area contributed by atoms with Gasteiger partial charge in [-0.2, -0.15) is 0 Å². The van der Waals surface area contributed by atoms with E-state index in [1.54, 1.807) is 12.1 Å². The molecule has 0 radical (unpaired) electrons. The summed E-state index contributed by atoms with van der Waals surface area (Å²) in [4.78, 5) is 14.1.